The lowest BCUT2D eigenvalue weighted by atomic mass is 10.0. The molecular formula is C12H15Br2Cl2F3N2O. The normalized spacial score (nSPS) is 17.3. The quantitative estimate of drug-likeness (QED) is 0.650. The van der Waals surface area contributed by atoms with Gasteiger partial charge in [0.25, 0.3) is 0 Å². The molecule has 1 fully saturated rings. The number of piperazine rings is 1. The van der Waals surface area contributed by atoms with Crippen molar-refractivity contribution in [1.29, 1.82) is 0 Å². The van der Waals surface area contributed by atoms with Crippen LogP contribution in [-0.2, 0) is 0 Å². The number of hydrogen-bond donors (Lipinski definition) is 2. The van der Waals surface area contributed by atoms with Crippen LogP contribution in [0.25, 0.3) is 0 Å². The Morgan fingerprint density at radius 1 is 1.09 bits per heavy atom. The highest BCUT2D eigenvalue weighted by atomic mass is 79.9. The molecule has 0 unspecified atom stereocenters. The number of aromatic hydroxyl groups is 1. The number of nitrogens with zero attached hydrogens (tertiary/aromatic N) is 1. The molecule has 0 aromatic heterocycles. The minimum atomic E-state index is -4.46. The van der Waals surface area contributed by atoms with Crippen LogP contribution in [0.15, 0.2) is 21.1 Å². The van der Waals surface area contributed by atoms with Gasteiger partial charge in [0.05, 0.1) is 4.47 Å². The minimum absolute atomic E-state index is 0. The van der Waals surface area contributed by atoms with Crippen molar-refractivity contribution in [2.75, 3.05) is 26.2 Å². The summed E-state index contributed by atoms with van der Waals surface area (Å²) in [6.07, 6.45) is -4.46. The van der Waals surface area contributed by atoms with Gasteiger partial charge in [0.15, 0.2) is 0 Å². The monoisotopic (exact) mass is 488 g/mol. The molecule has 3 nitrogen and oxygen atoms in total. The summed E-state index contributed by atoms with van der Waals surface area (Å²) in [5, 5.41) is 13.0. The lowest BCUT2D eigenvalue weighted by molar-refractivity contribution is -0.188. The predicted molar refractivity (Wildman–Crippen MR) is 91.2 cm³/mol. The molecule has 10 heteroatoms. The van der Waals surface area contributed by atoms with Crippen molar-refractivity contribution in [3.05, 3.63) is 26.6 Å². The van der Waals surface area contributed by atoms with E-state index in [-0.39, 0.29) is 58.2 Å². The first-order chi connectivity index (χ1) is 9.32. The fourth-order valence-electron chi connectivity index (χ4n) is 2.31. The Bertz CT molecular complexity index is 500. The van der Waals surface area contributed by atoms with Crippen LogP contribution in [0.2, 0.25) is 0 Å². The Kier molecular flexibility index (Phi) is 9.05. The van der Waals surface area contributed by atoms with Gasteiger partial charge in [0.1, 0.15) is 11.8 Å². The van der Waals surface area contributed by atoms with Crippen LogP contribution >= 0.6 is 56.7 Å². The Morgan fingerprint density at radius 2 is 1.59 bits per heavy atom. The van der Waals surface area contributed by atoms with Gasteiger partial charge < -0.3 is 10.4 Å². The number of alkyl halides is 3. The van der Waals surface area contributed by atoms with Crippen molar-refractivity contribution in [3.8, 4) is 5.75 Å². The molecule has 1 saturated heterocycles. The van der Waals surface area contributed by atoms with Gasteiger partial charge in [-0.25, -0.2) is 0 Å². The van der Waals surface area contributed by atoms with Crippen LogP contribution in [0.4, 0.5) is 13.2 Å². The first kappa shape index (κ1) is 22.3. The zero-order chi connectivity index (χ0) is 14.9. The second kappa shape index (κ2) is 8.94. The highest BCUT2D eigenvalue weighted by Gasteiger charge is 2.47. The fourth-order valence-corrected chi connectivity index (χ4v) is 3.19. The molecule has 0 saturated carbocycles. The molecule has 128 valence electrons. The summed E-state index contributed by atoms with van der Waals surface area (Å²) in [5.74, 6) is -0.375. The van der Waals surface area contributed by atoms with E-state index in [4.69, 9.17) is 0 Å². The lowest BCUT2D eigenvalue weighted by Crippen LogP contribution is -2.49. The van der Waals surface area contributed by atoms with E-state index < -0.39 is 12.2 Å². The van der Waals surface area contributed by atoms with Gasteiger partial charge in [-0.3, -0.25) is 4.90 Å². The molecule has 1 heterocycles. The standard InChI is InChI=1S/C12H13Br2F3N2O.2ClH/c13-7-1-2-8(14)10(20)9(7)11(12(15,16)17)19-5-3-18-4-6-19;;/h1-2,11,18,20H,3-6H2;2*1H/t11-;;/m1../s1. The van der Waals surface area contributed by atoms with E-state index in [1.807, 2.05) is 0 Å². The van der Waals surface area contributed by atoms with Crippen molar-refractivity contribution in [2.45, 2.75) is 12.2 Å². The molecular weight excluding hydrogens is 476 g/mol. The Morgan fingerprint density at radius 3 is 2.09 bits per heavy atom. The third kappa shape index (κ3) is 4.88. The molecule has 1 aliphatic heterocycles. The topological polar surface area (TPSA) is 35.5 Å². The molecule has 1 aliphatic rings. The Balaban J connectivity index is 0.00000220. The van der Waals surface area contributed by atoms with E-state index >= 15 is 0 Å². The Hall–Kier alpha value is 0.270. The van der Waals surface area contributed by atoms with Gasteiger partial charge in [0.2, 0.25) is 0 Å². The zero-order valence-electron chi connectivity index (χ0n) is 11.2. The number of halogens is 7. The summed E-state index contributed by atoms with van der Waals surface area (Å²) < 4.78 is 40.9. The fraction of sp³-hybridized carbons (Fsp3) is 0.500. The van der Waals surface area contributed by atoms with Crippen molar-refractivity contribution in [1.82, 2.24) is 10.2 Å². The highest BCUT2D eigenvalue weighted by molar-refractivity contribution is 9.11. The molecule has 2 rings (SSSR count). The molecule has 0 aliphatic carbocycles. The summed E-state index contributed by atoms with van der Waals surface area (Å²) in [5.41, 5.74) is -0.145. The molecule has 0 amide bonds. The largest absolute Gasteiger partial charge is 0.506 e. The maximum absolute atomic E-state index is 13.5. The molecule has 0 bridgehead atoms. The number of benzene rings is 1. The highest BCUT2D eigenvalue weighted by Crippen LogP contribution is 2.46. The lowest BCUT2D eigenvalue weighted by Gasteiger charge is -2.36. The number of phenols is 1. The van der Waals surface area contributed by atoms with Crippen molar-refractivity contribution >= 4 is 56.7 Å². The summed E-state index contributed by atoms with van der Waals surface area (Å²) in [6, 6.07) is 1.19. The number of hydrogen-bond acceptors (Lipinski definition) is 3. The zero-order valence-corrected chi connectivity index (χ0v) is 16.0. The van der Waals surface area contributed by atoms with Crippen LogP contribution in [0.3, 0.4) is 0 Å². The van der Waals surface area contributed by atoms with E-state index in [2.05, 4.69) is 37.2 Å². The van der Waals surface area contributed by atoms with Crippen molar-refractivity contribution in [2.24, 2.45) is 0 Å². The maximum Gasteiger partial charge on any atom is 0.408 e. The average Bonchev–Trinajstić information content (AvgIpc) is 2.39. The van der Waals surface area contributed by atoms with Crippen molar-refractivity contribution in [3.63, 3.8) is 0 Å². The van der Waals surface area contributed by atoms with Crippen LogP contribution in [0.5, 0.6) is 5.75 Å². The van der Waals surface area contributed by atoms with Gasteiger partial charge in [-0.05, 0) is 28.1 Å². The van der Waals surface area contributed by atoms with Crippen molar-refractivity contribution < 1.29 is 18.3 Å². The minimum Gasteiger partial charge on any atom is -0.506 e. The number of phenolic OH excluding ortho intramolecular Hbond substituents is 1. The molecule has 2 N–H and O–H groups in total. The summed E-state index contributed by atoms with van der Waals surface area (Å²) in [4.78, 5) is 1.34. The summed E-state index contributed by atoms with van der Waals surface area (Å²) in [7, 11) is 0. The molecule has 0 radical (unpaired) electrons. The van der Waals surface area contributed by atoms with Crippen LogP contribution < -0.4 is 5.32 Å². The molecule has 0 spiro atoms. The van der Waals surface area contributed by atoms with Gasteiger partial charge in [0, 0.05) is 36.2 Å². The summed E-state index contributed by atoms with van der Waals surface area (Å²) >= 11 is 6.19. The molecule has 1 aromatic rings. The van der Waals surface area contributed by atoms with E-state index in [9.17, 15) is 18.3 Å². The smallest absolute Gasteiger partial charge is 0.408 e. The molecule has 1 atom stereocenters. The van der Waals surface area contributed by atoms with E-state index in [0.29, 0.717) is 13.1 Å². The summed E-state index contributed by atoms with van der Waals surface area (Å²) in [6.45, 7) is 1.56. The Labute approximate surface area is 155 Å². The van der Waals surface area contributed by atoms with Crippen LogP contribution in [0.1, 0.15) is 11.6 Å². The third-order valence-electron chi connectivity index (χ3n) is 3.21. The van der Waals surface area contributed by atoms with Gasteiger partial charge in [-0.15, -0.1) is 24.8 Å². The predicted octanol–water partition coefficient (Wildman–Crippen LogP) is 4.27. The second-order valence-electron chi connectivity index (χ2n) is 4.52. The molecule has 22 heavy (non-hydrogen) atoms. The third-order valence-corrected chi connectivity index (χ3v) is 4.55. The van der Waals surface area contributed by atoms with Gasteiger partial charge in [-0.2, -0.15) is 13.2 Å². The van der Waals surface area contributed by atoms with Crippen LogP contribution in [-0.4, -0.2) is 42.4 Å². The van der Waals surface area contributed by atoms with Gasteiger partial charge >= 0.3 is 6.18 Å². The molecule has 1 aromatic carbocycles. The maximum atomic E-state index is 13.5. The number of rotatable bonds is 2. The first-order valence-electron chi connectivity index (χ1n) is 6.00. The SMILES string of the molecule is Cl.Cl.Oc1c(Br)ccc(Br)c1[C@@H](N1CCNCC1)C(F)(F)F. The second-order valence-corrected chi connectivity index (χ2v) is 6.23. The van der Waals surface area contributed by atoms with Crippen LogP contribution in [0, 0.1) is 0 Å². The van der Waals surface area contributed by atoms with E-state index in [1.165, 1.54) is 17.0 Å². The van der Waals surface area contributed by atoms with E-state index in [0.717, 1.165) is 0 Å². The number of nitrogens with one attached hydrogen (secondary N) is 1. The van der Waals surface area contributed by atoms with Gasteiger partial charge in [-0.1, -0.05) is 15.9 Å². The van der Waals surface area contributed by atoms with E-state index in [1.54, 1.807) is 0 Å². The average molecular weight is 491 g/mol. The first-order valence-corrected chi connectivity index (χ1v) is 7.59.